The van der Waals surface area contributed by atoms with Crippen LogP contribution < -0.4 is 4.74 Å². The van der Waals surface area contributed by atoms with E-state index >= 15 is 0 Å². The van der Waals surface area contributed by atoms with Crippen LogP contribution >= 0.6 is 0 Å². The van der Waals surface area contributed by atoms with Crippen LogP contribution in [-0.4, -0.2) is 32.4 Å². The first-order chi connectivity index (χ1) is 17.2. The molecule has 6 nitrogen and oxygen atoms in total. The Kier molecular flexibility index (Phi) is 6.89. The molecule has 178 valence electrons. The average Bonchev–Trinajstić information content (AvgIpc) is 3.34. The minimum atomic E-state index is -0.951. The number of aryl methyl sites for hydroxylation is 1. The molecule has 1 aliphatic rings. The summed E-state index contributed by atoms with van der Waals surface area (Å²) in [5.74, 6) is 0.182. The highest BCUT2D eigenvalue weighted by Crippen LogP contribution is 2.38. The number of benzene rings is 2. The van der Waals surface area contributed by atoms with Gasteiger partial charge >= 0.3 is 5.97 Å². The Balaban J connectivity index is 1.26. The first-order valence-electron chi connectivity index (χ1n) is 12.1. The zero-order valence-corrected chi connectivity index (χ0v) is 19.6. The number of aromatic nitrogens is 3. The molecule has 1 unspecified atom stereocenters. The minimum absolute atomic E-state index is 0.304. The van der Waals surface area contributed by atoms with Crippen LogP contribution in [0.4, 0.5) is 0 Å². The number of ether oxygens (including phenoxy) is 1. The number of pyridine rings is 1. The summed E-state index contributed by atoms with van der Waals surface area (Å²) in [4.78, 5) is 15.2. The van der Waals surface area contributed by atoms with Gasteiger partial charge in [0.15, 0.2) is 6.61 Å². The number of nitrogens with zero attached hydrogens (tertiary/aromatic N) is 3. The third-order valence-corrected chi connectivity index (χ3v) is 6.72. The highest BCUT2D eigenvalue weighted by molar-refractivity contribution is 5.68. The standard InChI is InChI=1S/C29H29N3O3/c33-29(34)20-35-28-12-4-10-26-22(7-3-11-27(26)28)13-15-32-19-21(17-31-32)16-23-6-1-2-9-25(23)24-8-5-14-30-18-24/h1-2,4-6,8-10,12,14,17-19,22H,3,7,11,13,15-16,20H2,(H,33,34). The van der Waals surface area contributed by atoms with Gasteiger partial charge in [-0.05, 0) is 71.6 Å². The van der Waals surface area contributed by atoms with Crippen LogP contribution in [0, 0.1) is 0 Å². The molecule has 0 fully saturated rings. The fourth-order valence-corrected chi connectivity index (χ4v) is 5.09. The number of rotatable bonds is 9. The van der Waals surface area contributed by atoms with Gasteiger partial charge in [-0.2, -0.15) is 5.10 Å². The Labute approximate surface area is 205 Å². The SMILES string of the molecule is O=C(O)COc1cccc2c1CCCC2CCn1cc(Cc2ccccc2-c2cccnc2)cn1. The van der Waals surface area contributed by atoms with E-state index < -0.39 is 5.97 Å². The Bertz CT molecular complexity index is 1300. The molecule has 0 aliphatic heterocycles. The molecule has 0 bridgehead atoms. The number of carbonyl (C=O) groups is 1. The number of hydrogen-bond donors (Lipinski definition) is 1. The monoisotopic (exact) mass is 467 g/mol. The summed E-state index contributed by atoms with van der Waals surface area (Å²) in [5, 5.41) is 13.6. The molecule has 0 saturated carbocycles. The normalized spacial score (nSPS) is 14.9. The maximum absolute atomic E-state index is 10.9. The second kappa shape index (κ2) is 10.6. The molecule has 1 N–H and O–H groups in total. The number of fused-ring (bicyclic) bond motifs is 1. The minimum Gasteiger partial charge on any atom is -0.482 e. The van der Waals surface area contributed by atoms with Gasteiger partial charge < -0.3 is 9.84 Å². The van der Waals surface area contributed by atoms with Crippen molar-refractivity contribution < 1.29 is 14.6 Å². The lowest BCUT2D eigenvalue weighted by atomic mass is 9.80. The third kappa shape index (κ3) is 5.43. The van der Waals surface area contributed by atoms with Crippen molar-refractivity contribution >= 4 is 5.97 Å². The zero-order valence-electron chi connectivity index (χ0n) is 19.6. The van der Waals surface area contributed by atoms with Crippen LogP contribution in [0.1, 0.15) is 47.4 Å². The molecular formula is C29H29N3O3. The van der Waals surface area contributed by atoms with Crippen molar-refractivity contribution in [3.63, 3.8) is 0 Å². The van der Waals surface area contributed by atoms with Gasteiger partial charge in [0.1, 0.15) is 5.75 Å². The van der Waals surface area contributed by atoms with Gasteiger partial charge in [-0.15, -0.1) is 0 Å². The first kappa shape index (κ1) is 22.8. The summed E-state index contributed by atoms with van der Waals surface area (Å²) >= 11 is 0. The van der Waals surface area contributed by atoms with Crippen LogP contribution in [0.2, 0.25) is 0 Å². The highest BCUT2D eigenvalue weighted by atomic mass is 16.5. The van der Waals surface area contributed by atoms with E-state index in [1.165, 1.54) is 22.3 Å². The van der Waals surface area contributed by atoms with Gasteiger partial charge in [0.05, 0.1) is 6.20 Å². The van der Waals surface area contributed by atoms with Gasteiger partial charge in [-0.25, -0.2) is 4.79 Å². The molecule has 6 heteroatoms. The van der Waals surface area contributed by atoms with Gasteiger partial charge in [-0.1, -0.05) is 42.5 Å². The van der Waals surface area contributed by atoms with Crippen LogP contribution in [0.15, 0.2) is 79.4 Å². The molecule has 0 saturated heterocycles. The van der Waals surface area contributed by atoms with Gasteiger partial charge in [-0.3, -0.25) is 9.67 Å². The predicted octanol–water partition coefficient (Wildman–Crippen LogP) is 5.51. The largest absolute Gasteiger partial charge is 0.482 e. The number of carboxylic acid groups (broad SMARTS) is 1. The Morgan fingerprint density at radius 1 is 1.09 bits per heavy atom. The van der Waals surface area contributed by atoms with E-state index in [9.17, 15) is 4.79 Å². The van der Waals surface area contributed by atoms with E-state index in [-0.39, 0.29) is 6.61 Å². The summed E-state index contributed by atoms with van der Waals surface area (Å²) in [6.07, 6.45) is 12.8. The molecule has 2 aromatic heterocycles. The van der Waals surface area contributed by atoms with Gasteiger partial charge in [0, 0.05) is 37.1 Å². The van der Waals surface area contributed by atoms with Crippen molar-refractivity contribution in [2.45, 2.75) is 44.6 Å². The average molecular weight is 468 g/mol. The van der Waals surface area contributed by atoms with Crippen molar-refractivity contribution in [3.8, 4) is 16.9 Å². The fourth-order valence-electron chi connectivity index (χ4n) is 5.09. The Morgan fingerprint density at radius 2 is 2.00 bits per heavy atom. The topological polar surface area (TPSA) is 77.2 Å². The second-order valence-corrected chi connectivity index (χ2v) is 9.07. The molecule has 0 amide bonds. The van der Waals surface area contributed by atoms with Crippen molar-refractivity contribution in [3.05, 3.63) is 102 Å². The van der Waals surface area contributed by atoms with Crippen LogP contribution in [0.3, 0.4) is 0 Å². The van der Waals surface area contributed by atoms with Crippen molar-refractivity contribution in [2.24, 2.45) is 0 Å². The van der Waals surface area contributed by atoms with Crippen LogP contribution in [-0.2, 0) is 24.2 Å². The molecule has 35 heavy (non-hydrogen) atoms. The Morgan fingerprint density at radius 3 is 2.86 bits per heavy atom. The number of aliphatic carboxylic acids is 1. The van der Waals surface area contributed by atoms with E-state index in [4.69, 9.17) is 9.84 Å². The summed E-state index contributed by atoms with van der Waals surface area (Å²) in [5.41, 5.74) is 7.23. The molecular weight excluding hydrogens is 438 g/mol. The molecule has 2 aromatic carbocycles. The molecule has 2 heterocycles. The first-order valence-corrected chi connectivity index (χ1v) is 12.1. The molecule has 4 aromatic rings. The molecule has 0 radical (unpaired) electrons. The maximum Gasteiger partial charge on any atom is 0.341 e. The summed E-state index contributed by atoms with van der Waals surface area (Å²) in [6.45, 7) is 0.537. The number of carboxylic acids is 1. The third-order valence-electron chi connectivity index (χ3n) is 6.72. The maximum atomic E-state index is 10.9. The van der Waals surface area contributed by atoms with E-state index in [2.05, 4.69) is 52.7 Å². The second-order valence-electron chi connectivity index (χ2n) is 9.07. The smallest absolute Gasteiger partial charge is 0.341 e. The van der Waals surface area contributed by atoms with Gasteiger partial charge in [0.25, 0.3) is 0 Å². The lowest BCUT2D eigenvalue weighted by molar-refractivity contribution is -0.139. The van der Waals surface area contributed by atoms with E-state index in [0.717, 1.165) is 49.8 Å². The summed E-state index contributed by atoms with van der Waals surface area (Å²) < 4.78 is 7.60. The quantitative estimate of drug-likeness (QED) is 0.351. The molecule has 0 spiro atoms. The lowest BCUT2D eigenvalue weighted by Gasteiger charge is -2.27. The van der Waals surface area contributed by atoms with E-state index in [1.807, 2.05) is 35.3 Å². The van der Waals surface area contributed by atoms with E-state index in [0.29, 0.717) is 11.7 Å². The Hall–Kier alpha value is -3.93. The molecule has 1 aliphatic carbocycles. The predicted molar refractivity (Wildman–Crippen MR) is 135 cm³/mol. The fraction of sp³-hybridized carbons (Fsp3) is 0.276. The summed E-state index contributed by atoms with van der Waals surface area (Å²) in [6, 6.07) is 18.5. The van der Waals surface area contributed by atoms with Crippen molar-refractivity contribution in [2.75, 3.05) is 6.61 Å². The molecule has 5 rings (SSSR count). The zero-order chi connectivity index (χ0) is 24.0. The lowest BCUT2D eigenvalue weighted by Crippen LogP contribution is -2.16. The van der Waals surface area contributed by atoms with Gasteiger partial charge in [0.2, 0.25) is 0 Å². The number of hydrogen-bond acceptors (Lipinski definition) is 4. The molecule has 1 atom stereocenters. The summed E-state index contributed by atoms with van der Waals surface area (Å²) in [7, 11) is 0. The van der Waals surface area contributed by atoms with Crippen LogP contribution in [0.25, 0.3) is 11.1 Å². The van der Waals surface area contributed by atoms with Crippen molar-refractivity contribution in [1.29, 1.82) is 0 Å². The highest BCUT2D eigenvalue weighted by Gasteiger charge is 2.23. The van der Waals surface area contributed by atoms with E-state index in [1.54, 1.807) is 6.20 Å². The van der Waals surface area contributed by atoms with Crippen LogP contribution in [0.5, 0.6) is 5.75 Å². The van der Waals surface area contributed by atoms with Crippen molar-refractivity contribution in [1.82, 2.24) is 14.8 Å².